The Morgan fingerprint density at radius 2 is 1.94 bits per heavy atom. The molecule has 92 valence electrons. The third-order valence-electron chi connectivity index (χ3n) is 1.97. The molecule has 0 atom stereocenters. The van der Waals surface area contributed by atoms with E-state index in [4.69, 9.17) is 11.6 Å². The Kier molecular flexibility index (Phi) is 3.87. The summed E-state index contributed by atoms with van der Waals surface area (Å²) >= 11 is 5.13. The van der Waals surface area contributed by atoms with Crippen LogP contribution in [0, 0.1) is 5.82 Å². The zero-order valence-corrected chi connectivity index (χ0v) is 8.90. The number of alkyl halides is 4. The highest BCUT2D eigenvalue weighted by Gasteiger charge is 2.38. The average molecular weight is 269 g/mol. The average Bonchev–Trinajstić information content (AvgIpc) is 2.24. The van der Waals surface area contributed by atoms with Crippen LogP contribution in [-0.2, 0) is 6.18 Å². The second-order valence-electron chi connectivity index (χ2n) is 3.09. The minimum Gasteiger partial charge on any atom is -0.298 e. The van der Waals surface area contributed by atoms with Gasteiger partial charge in [-0.25, -0.2) is 4.39 Å². The van der Waals surface area contributed by atoms with Crippen molar-refractivity contribution in [3.63, 3.8) is 0 Å². The number of rotatable bonds is 3. The number of carbonyl (C=O) groups is 2. The lowest BCUT2D eigenvalue weighted by Gasteiger charge is -2.13. The lowest BCUT2D eigenvalue weighted by molar-refractivity contribution is -0.138. The number of carbonyl (C=O) groups excluding carboxylic acids is 2. The summed E-state index contributed by atoms with van der Waals surface area (Å²) in [6, 6.07) is 0.835. The molecule has 1 aromatic rings. The van der Waals surface area contributed by atoms with Gasteiger partial charge in [-0.05, 0) is 12.1 Å². The summed E-state index contributed by atoms with van der Waals surface area (Å²) in [4.78, 5) is 21.7. The normalized spacial score (nSPS) is 11.4. The van der Waals surface area contributed by atoms with Crippen LogP contribution >= 0.6 is 11.6 Å². The minimum absolute atomic E-state index is 0.156. The van der Waals surface area contributed by atoms with Crippen molar-refractivity contribution in [3.05, 3.63) is 34.6 Å². The molecule has 0 amide bonds. The van der Waals surface area contributed by atoms with Gasteiger partial charge in [0.05, 0.1) is 11.4 Å². The van der Waals surface area contributed by atoms with Gasteiger partial charge in [0.2, 0.25) is 0 Å². The van der Waals surface area contributed by atoms with E-state index in [1.807, 2.05) is 0 Å². The lowest BCUT2D eigenvalue weighted by Crippen LogP contribution is -2.17. The third-order valence-corrected chi connectivity index (χ3v) is 2.21. The molecule has 0 radical (unpaired) electrons. The summed E-state index contributed by atoms with van der Waals surface area (Å²) in [7, 11) is 0. The van der Waals surface area contributed by atoms with Crippen molar-refractivity contribution >= 4 is 23.7 Å². The highest BCUT2D eigenvalue weighted by atomic mass is 35.5. The van der Waals surface area contributed by atoms with E-state index in [9.17, 15) is 27.2 Å². The molecular formula is C10H5ClF4O2. The van der Waals surface area contributed by atoms with Crippen molar-refractivity contribution in [1.29, 1.82) is 0 Å². The number of Topliss-reactive ketones (excluding diaryl/α,β-unsaturated/α-hetero) is 1. The van der Waals surface area contributed by atoms with Gasteiger partial charge in [-0.1, -0.05) is 0 Å². The Bertz CT molecular complexity index is 468. The number of halogens is 5. The maximum atomic E-state index is 13.0. The highest BCUT2D eigenvalue weighted by molar-refractivity contribution is 6.30. The van der Waals surface area contributed by atoms with Crippen LogP contribution in [0.4, 0.5) is 17.6 Å². The Hall–Kier alpha value is -1.43. The molecule has 0 aliphatic carbocycles. The van der Waals surface area contributed by atoms with Crippen LogP contribution in [0.5, 0.6) is 0 Å². The van der Waals surface area contributed by atoms with Crippen LogP contribution in [0.15, 0.2) is 12.1 Å². The number of hydrogen-bond donors (Lipinski definition) is 0. The van der Waals surface area contributed by atoms with Crippen molar-refractivity contribution in [2.24, 2.45) is 0 Å². The van der Waals surface area contributed by atoms with Crippen LogP contribution in [0.25, 0.3) is 0 Å². The van der Waals surface area contributed by atoms with Crippen LogP contribution < -0.4 is 0 Å². The maximum absolute atomic E-state index is 13.0. The zero-order chi connectivity index (χ0) is 13.2. The Morgan fingerprint density at radius 1 is 1.35 bits per heavy atom. The maximum Gasteiger partial charge on any atom is 0.417 e. The number of hydrogen-bond acceptors (Lipinski definition) is 2. The lowest BCUT2D eigenvalue weighted by atomic mass is 9.98. The SMILES string of the molecule is O=Cc1cc(F)cc(C(=O)CCl)c1C(F)(F)F. The van der Waals surface area contributed by atoms with Crippen molar-refractivity contribution in [1.82, 2.24) is 0 Å². The number of aldehydes is 1. The fraction of sp³-hybridized carbons (Fsp3) is 0.200. The second kappa shape index (κ2) is 4.83. The monoisotopic (exact) mass is 268 g/mol. The smallest absolute Gasteiger partial charge is 0.298 e. The topological polar surface area (TPSA) is 34.1 Å². The van der Waals surface area contributed by atoms with Crippen molar-refractivity contribution in [2.45, 2.75) is 6.18 Å². The summed E-state index contributed by atoms with van der Waals surface area (Å²) in [5.74, 6) is -2.93. The predicted molar refractivity (Wildman–Crippen MR) is 51.8 cm³/mol. The van der Waals surface area contributed by atoms with Crippen LogP contribution in [0.3, 0.4) is 0 Å². The van der Waals surface area contributed by atoms with Crippen molar-refractivity contribution < 1.29 is 27.2 Å². The summed E-state index contributed by atoms with van der Waals surface area (Å²) in [5.41, 5.74) is -3.32. The first-order valence-electron chi connectivity index (χ1n) is 4.26. The fourth-order valence-electron chi connectivity index (χ4n) is 1.33. The first kappa shape index (κ1) is 13.6. The van der Waals surface area contributed by atoms with Gasteiger partial charge >= 0.3 is 6.18 Å². The van der Waals surface area contributed by atoms with E-state index in [2.05, 4.69) is 0 Å². The first-order valence-corrected chi connectivity index (χ1v) is 4.79. The molecule has 0 aliphatic heterocycles. The molecular weight excluding hydrogens is 264 g/mol. The van der Waals surface area contributed by atoms with E-state index in [-0.39, 0.29) is 6.29 Å². The third kappa shape index (κ3) is 2.82. The van der Waals surface area contributed by atoms with E-state index in [1.165, 1.54) is 0 Å². The molecule has 0 N–H and O–H groups in total. The van der Waals surface area contributed by atoms with Gasteiger partial charge in [0, 0.05) is 11.1 Å². The van der Waals surface area contributed by atoms with Gasteiger partial charge < -0.3 is 0 Å². The molecule has 1 aromatic carbocycles. The van der Waals surface area contributed by atoms with Crippen molar-refractivity contribution in [3.8, 4) is 0 Å². The molecule has 0 aromatic heterocycles. The summed E-state index contributed by atoms with van der Waals surface area (Å²) < 4.78 is 50.9. The molecule has 1 rings (SSSR count). The van der Waals surface area contributed by atoms with E-state index in [1.54, 1.807) is 0 Å². The van der Waals surface area contributed by atoms with Crippen LogP contribution in [-0.4, -0.2) is 17.9 Å². The summed E-state index contributed by atoms with van der Waals surface area (Å²) in [6.45, 7) is 0. The van der Waals surface area contributed by atoms with E-state index in [0.717, 1.165) is 0 Å². The zero-order valence-electron chi connectivity index (χ0n) is 8.15. The van der Waals surface area contributed by atoms with E-state index in [0.29, 0.717) is 12.1 Å². The largest absolute Gasteiger partial charge is 0.417 e. The first-order chi connectivity index (χ1) is 7.81. The molecule has 0 fully saturated rings. The molecule has 0 spiro atoms. The molecule has 7 heteroatoms. The summed E-state index contributed by atoms with van der Waals surface area (Å²) in [5, 5.41) is 0. The van der Waals surface area contributed by atoms with Crippen molar-refractivity contribution in [2.75, 3.05) is 5.88 Å². The van der Waals surface area contributed by atoms with Gasteiger partial charge in [-0.3, -0.25) is 9.59 Å². The van der Waals surface area contributed by atoms with Gasteiger partial charge in [-0.15, -0.1) is 11.6 Å². The molecule has 0 unspecified atom stereocenters. The predicted octanol–water partition coefficient (Wildman–Crippen LogP) is 3.08. The van der Waals surface area contributed by atoms with Crippen LogP contribution in [0.1, 0.15) is 26.3 Å². The minimum atomic E-state index is -4.93. The Balaban J connectivity index is 3.61. The molecule has 17 heavy (non-hydrogen) atoms. The van der Waals surface area contributed by atoms with E-state index >= 15 is 0 Å². The number of ketones is 1. The molecule has 0 aliphatic rings. The second-order valence-corrected chi connectivity index (χ2v) is 3.36. The Morgan fingerprint density at radius 3 is 2.35 bits per heavy atom. The molecule has 0 heterocycles. The Labute approximate surface area is 98.2 Å². The molecule has 0 saturated heterocycles. The number of benzene rings is 1. The van der Waals surface area contributed by atoms with Gasteiger partial charge in [-0.2, -0.15) is 13.2 Å². The van der Waals surface area contributed by atoms with Gasteiger partial charge in [0.25, 0.3) is 0 Å². The highest BCUT2D eigenvalue weighted by Crippen LogP contribution is 2.35. The molecule has 0 saturated carbocycles. The molecule has 2 nitrogen and oxygen atoms in total. The quantitative estimate of drug-likeness (QED) is 0.365. The standard InChI is InChI=1S/C10H5ClF4O2/c11-3-8(17)7-2-6(12)1-5(4-16)9(7)10(13,14)15/h1-2,4H,3H2. The molecule has 0 bridgehead atoms. The fourth-order valence-corrected chi connectivity index (χ4v) is 1.47. The van der Waals surface area contributed by atoms with Gasteiger partial charge in [0.15, 0.2) is 12.1 Å². The van der Waals surface area contributed by atoms with Gasteiger partial charge in [0.1, 0.15) is 5.82 Å². The van der Waals surface area contributed by atoms with E-state index < -0.39 is 40.3 Å². The van der Waals surface area contributed by atoms with Crippen LogP contribution in [0.2, 0.25) is 0 Å². The summed E-state index contributed by atoms with van der Waals surface area (Å²) in [6.07, 6.45) is -5.09.